The van der Waals surface area contributed by atoms with Crippen molar-refractivity contribution in [1.82, 2.24) is 10.2 Å². The quantitative estimate of drug-likeness (QED) is 0.713. The Morgan fingerprint density at radius 2 is 2.28 bits per heavy atom. The van der Waals surface area contributed by atoms with E-state index in [4.69, 9.17) is 10.5 Å². The Morgan fingerprint density at radius 1 is 1.56 bits per heavy atom. The van der Waals surface area contributed by atoms with Crippen molar-refractivity contribution >= 4 is 5.91 Å². The number of nitrogens with one attached hydrogen (secondary N) is 1. The lowest BCUT2D eigenvalue weighted by Gasteiger charge is -2.35. The summed E-state index contributed by atoms with van der Waals surface area (Å²) in [5, 5.41) is 2.93. The molecule has 2 atom stereocenters. The van der Waals surface area contributed by atoms with Crippen LogP contribution >= 0.6 is 0 Å². The summed E-state index contributed by atoms with van der Waals surface area (Å²) in [4.78, 5) is 14.1. The van der Waals surface area contributed by atoms with Crippen LogP contribution in [0.3, 0.4) is 0 Å². The zero-order chi connectivity index (χ0) is 13.5. The fourth-order valence-corrected chi connectivity index (χ4v) is 2.36. The zero-order valence-corrected chi connectivity index (χ0v) is 11.8. The van der Waals surface area contributed by atoms with Crippen LogP contribution in [-0.4, -0.2) is 56.2 Å². The van der Waals surface area contributed by atoms with Crippen LogP contribution in [0.1, 0.15) is 26.7 Å². The number of amides is 1. The molecule has 0 aromatic carbocycles. The molecule has 1 saturated heterocycles. The van der Waals surface area contributed by atoms with Crippen LogP contribution in [0.5, 0.6) is 0 Å². The van der Waals surface area contributed by atoms with Gasteiger partial charge in [0.05, 0.1) is 6.61 Å². The number of rotatable bonds is 6. The van der Waals surface area contributed by atoms with E-state index in [1.54, 1.807) is 7.11 Å². The minimum Gasteiger partial charge on any atom is -0.383 e. The molecule has 5 nitrogen and oxygen atoms in total. The van der Waals surface area contributed by atoms with Gasteiger partial charge in [-0.25, -0.2) is 0 Å². The molecule has 1 rings (SSSR count). The summed E-state index contributed by atoms with van der Waals surface area (Å²) in [5.41, 5.74) is 5.67. The Labute approximate surface area is 110 Å². The first kappa shape index (κ1) is 15.4. The molecule has 2 unspecified atom stereocenters. The standard InChI is InChI=1S/C13H27N3O2/c1-10(2)16-6-4-5-11(8-16)7-15-13(17)12(14)9-18-3/h10-12H,4-9,14H2,1-3H3,(H,15,17). The summed E-state index contributed by atoms with van der Waals surface area (Å²) in [6, 6.07) is 0.0269. The summed E-state index contributed by atoms with van der Waals surface area (Å²) in [5.74, 6) is 0.429. The van der Waals surface area contributed by atoms with E-state index in [2.05, 4.69) is 24.1 Å². The molecule has 106 valence electrons. The topological polar surface area (TPSA) is 67.6 Å². The van der Waals surface area contributed by atoms with Crippen molar-refractivity contribution in [3.8, 4) is 0 Å². The molecule has 3 N–H and O–H groups in total. The number of ether oxygens (including phenoxy) is 1. The Kier molecular flexibility index (Phi) is 6.60. The molecule has 1 amide bonds. The molecule has 0 aromatic heterocycles. The number of nitrogens with two attached hydrogens (primary N) is 1. The number of hydrogen-bond donors (Lipinski definition) is 2. The predicted molar refractivity (Wildman–Crippen MR) is 72.3 cm³/mol. The smallest absolute Gasteiger partial charge is 0.239 e. The van der Waals surface area contributed by atoms with E-state index in [9.17, 15) is 4.79 Å². The normalized spacial score (nSPS) is 23.1. The molecule has 0 spiro atoms. The Morgan fingerprint density at radius 3 is 2.89 bits per heavy atom. The van der Waals surface area contributed by atoms with Gasteiger partial charge in [0.1, 0.15) is 6.04 Å². The van der Waals surface area contributed by atoms with E-state index >= 15 is 0 Å². The first-order valence-corrected chi connectivity index (χ1v) is 6.80. The fraction of sp³-hybridized carbons (Fsp3) is 0.923. The van der Waals surface area contributed by atoms with Gasteiger partial charge < -0.3 is 20.7 Å². The average Bonchev–Trinajstić information content (AvgIpc) is 2.36. The summed E-state index contributed by atoms with van der Waals surface area (Å²) >= 11 is 0. The minimum atomic E-state index is -0.556. The van der Waals surface area contributed by atoms with Crippen LogP contribution in [0.4, 0.5) is 0 Å². The van der Waals surface area contributed by atoms with Gasteiger partial charge in [-0.1, -0.05) is 0 Å². The third-order valence-corrected chi connectivity index (χ3v) is 3.53. The highest BCUT2D eigenvalue weighted by atomic mass is 16.5. The highest BCUT2D eigenvalue weighted by molar-refractivity contribution is 5.81. The largest absolute Gasteiger partial charge is 0.383 e. The molecule has 1 aliphatic rings. The molecule has 1 fully saturated rings. The van der Waals surface area contributed by atoms with Crippen molar-refractivity contribution in [3.63, 3.8) is 0 Å². The molecule has 18 heavy (non-hydrogen) atoms. The van der Waals surface area contributed by atoms with E-state index in [1.807, 2.05) is 0 Å². The second kappa shape index (κ2) is 7.71. The third-order valence-electron chi connectivity index (χ3n) is 3.53. The number of piperidine rings is 1. The second-order valence-corrected chi connectivity index (χ2v) is 5.40. The van der Waals surface area contributed by atoms with E-state index in [0.29, 0.717) is 12.0 Å². The molecule has 0 radical (unpaired) electrons. The van der Waals surface area contributed by atoms with Crippen LogP contribution < -0.4 is 11.1 Å². The second-order valence-electron chi connectivity index (χ2n) is 5.40. The van der Waals surface area contributed by atoms with Gasteiger partial charge in [0, 0.05) is 26.2 Å². The molecule has 5 heteroatoms. The Balaban J connectivity index is 2.28. The summed E-state index contributed by atoms with van der Waals surface area (Å²) < 4.78 is 4.87. The first-order valence-electron chi connectivity index (χ1n) is 6.80. The number of likely N-dealkylation sites (tertiary alicyclic amines) is 1. The van der Waals surface area contributed by atoms with E-state index in [0.717, 1.165) is 13.1 Å². The highest BCUT2D eigenvalue weighted by Crippen LogP contribution is 2.17. The minimum absolute atomic E-state index is 0.112. The van der Waals surface area contributed by atoms with E-state index in [-0.39, 0.29) is 12.5 Å². The Bertz CT molecular complexity index is 259. The van der Waals surface area contributed by atoms with Crippen molar-refractivity contribution in [1.29, 1.82) is 0 Å². The summed E-state index contributed by atoms with van der Waals surface area (Å²) in [6.45, 7) is 7.67. The van der Waals surface area contributed by atoms with Crippen molar-refractivity contribution in [2.45, 2.75) is 38.8 Å². The van der Waals surface area contributed by atoms with Gasteiger partial charge in [-0.05, 0) is 39.2 Å². The average molecular weight is 257 g/mol. The first-order chi connectivity index (χ1) is 8.54. The molecule has 0 saturated carbocycles. The van der Waals surface area contributed by atoms with Gasteiger partial charge in [-0.15, -0.1) is 0 Å². The number of methoxy groups -OCH3 is 1. The zero-order valence-electron chi connectivity index (χ0n) is 11.8. The van der Waals surface area contributed by atoms with E-state index in [1.165, 1.54) is 19.4 Å². The van der Waals surface area contributed by atoms with E-state index < -0.39 is 6.04 Å². The molecular formula is C13H27N3O2. The lowest BCUT2D eigenvalue weighted by atomic mass is 9.97. The highest BCUT2D eigenvalue weighted by Gasteiger charge is 2.22. The van der Waals surface area contributed by atoms with Gasteiger partial charge in [0.2, 0.25) is 5.91 Å². The van der Waals surface area contributed by atoms with Crippen molar-refractivity contribution in [2.24, 2.45) is 11.7 Å². The predicted octanol–water partition coefficient (Wildman–Crippen LogP) is 0.197. The van der Waals surface area contributed by atoms with Crippen LogP contribution in [-0.2, 0) is 9.53 Å². The van der Waals surface area contributed by atoms with Crippen LogP contribution in [0.2, 0.25) is 0 Å². The van der Waals surface area contributed by atoms with Crippen molar-refractivity contribution in [2.75, 3.05) is 33.4 Å². The Hall–Kier alpha value is -0.650. The monoisotopic (exact) mass is 257 g/mol. The van der Waals surface area contributed by atoms with Crippen LogP contribution in [0, 0.1) is 5.92 Å². The van der Waals surface area contributed by atoms with Crippen molar-refractivity contribution in [3.05, 3.63) is 0 Å². The summed E-state index contributed by atoms with van der Waals surface area (Å²) in [7, 11) is 1.55. The third kappa shape index (κ3) is 4.92. The molecule has 0 aromatic rings. The van der Waals surface area contributed by atoms with Gasteiger partial charge in [-0.2, -0.15) is 0 Å². The SMILES string of the molecule is COCC(N)C(=O)NCC1CCCN(C(C)C)C1. The van der Waals surface area contributed by atoms with Gasteiger partial charge in [0.25, 0.3) is 0 Å². The van der Waals surface area contributed by atoms with Gasteiger partial charge >= 0.3 is 0 Å². The molecule has 0 aliphatic carbocycles. The number of carbonyl (C=O) groups is 1. The molecular weight excluding hydrogens is 230 g/mol. The maximum atomic E-state index is 11.7. The van der Waals surface area contributed by atoms with Gasteiger partial charge in [-0.3, -0.25) is 4.79 Å². The number of hydrogen-bond acceptors (Lipinski definition) is 4. The fourth-order valence-electron chi connectivity index (χ4n) is 2.36. The lowest BCUT2D eigenvalue weighted by Crippen LogP contribution is -2.48. The lowest BCUT2D eigenvalue weighted by molar-refractivity contribution is -0.123. The van der Waals surface area contributed by atoms with Crippen molar-refractivity contribution < 1.29 is 9.53 Å². The summed E-state index contributed by atoms with van der Waals surface area (Å²) in [6.07, 6.45) is 2.39. The number of carbonyl (C=O) groups excluding carboxylic acids is 1. The molecule has 0 bridgehead atoms. The number of nitrogens with zero attached hydrogens (tertiary/aromatic N) is 1. The van der Waals surface area contributed by atoms with Crippen LogP contribution in [0.25, 0.3) is 0 Å². The maximum Gasteiger partial charge on any atom is 0.239 e. The maximum absolute atomic E-state index is 11.7. The van der Waals surface area contributed by atoms with Crippen LogP contribution in [0.15, 0.2) is 0 Å². The molecule has 1 heterocycles. The van der Waals surface area contributed by atoms with Gasteiger partial charge in [0.15, 0.2) is 0 Å². The molecule has 1 aliphatic heterocycles.